The molecule has 0 spiro atoms. The van der Waals surface area contributed by atoms with Crippen molar-refractivity contribution in [2.24, 2.45) is 0 Å². The first-order valence-corrected chi connectivity index (χ1v) is 8.60. The molecular weight excluding hydrogens is 330 g/mol. The van der Waals surface area contributed by atoms with Crippen LogP contribution in [0, 0.1) is 6.92 Å². The molecule has 1 unspecified atom stereocenters. The molecule has 1 atom stereocenters. The van der Waals surface area contributed by atoms with E-state index in [1.165, 1.54) is 0 Å². The highest BCUT2D eigenvalue weighted by Crippen LogP contribution is 2.20. The molecule has 0 radical (unpaired) electrons. The van der Waals surface area contributed by atoms with Crippen LogP contribution in [0.4, 0.5) is 0 Å². The predicted molar refractivity (Wildman–Crippen MR) is 100 cm³/mol. The number of amides is 1. The molecule has 26 heavy (non-hydrogen) atoms. The number of carbonyl (C=O) groups excluding carboxylic acids is 2. The Labute approximate surface area is 154 Å². The fourth-order valence-corrected chi connectivity index (χ4v) is 2.51. The van der Waals surface area contributed by atoms with Crippen LogP contribution in [-0.2, 0) is 9.53 Å². The SMILES string of the molecule is COc1ccc(C(=O)NC(CC(=O)OC(C)C)c2ccc(C)cc2)cc1. The molecule has 138 valence electrons. The quantitative estimate of drug-likeness (QED) is 0.767. The van der Waals surface area contributed by atoms with Crippen LogP contribution in [0.1, 0.15) is 47.8 Å². The minimum atomic E-state index is -0.462. The summed E-state index contributed by atoms with van der Waals surface area (Å²) in [6.07, 6.45) is -0.123. The van der Waals surface area contributed by atoms with Gasteiger partial charge >= 0.3 is 5.97 Å². The van der Waals surface area contributed by atoms with Crippen LogP contribution < -0.4 is 10.1 Å². The van der Waals surface area contributed by atoms with Crippen LogP contribution in [0.2, 0.25) is 0 Å². The lowest BCUT2D eigenvalue weighted by Crippen LogP contribution is -2.31. The maximum Gasteiger partial charge on any atom is 0.308 e. The average Bonchev–Trinajstić information content (AvgIpc) is 2.61. The topological polar surface area (TPSA) is 64.6 Å². The second kappa shape index (κ2) is 9.04. The maximum atomic E-state index is 12.6. The second-order valence-corrected chi connectivity index (χ2v) is 6.41. The smallest absolute Gasteiger partial charge is 0.308 e. The van der Waals surface area contributed by atoms with E-state index in [9.17, 15) is 9.59 Å². The molecule has 2 rings (SSSR count). The molecule has 0 saturated heterocycles. The fourth-order valence-electron chi connectivity index (χ4n) is 2.51. The van der Waals surface area contributed by atoms with Gasteiger partial charge in [-0.15, -0.1) is 0 Å². The van der Waals surface area contributed by atoms with Gasteiger partial charge in [0.05, 0.1) is 25.7 Å². The molecule has 5 heteroatoms. The van der Waals surface area contributed by atoms with Crippen molar-refractivity contribution in [1.29, 1.82) is 0 Å². The third kappa shape index (κ3) is 5.62. The number of nitrogens with one attached hydrogen (secondary N) is 1. The Morgan fingerprint density at radius 3 is 2.15 bits per heavy atom. The van der Waals surface area contributed by atoms with E-state index in [2.05, 4.69) is 5.32 Å². The van der Waals surface area contributed by atoms with Crippen LogP contribution in [-0.4, -0.2) is 25.1 Å². The lowest BCUT2D eigenvalue weighted by molar-refractivity contribution is -0.147. The highest BCUT2D eigenvalue weighted by Gasteiger charge is 2.20. The zero-order chi connectivity index (χ0) is 19.1. The number of methoxy groups -OCH3 is 1. The first kappa shape index (κ1) is 19.5. The molecule has 5 nitrogen and oxygen atoms in total. The van der Waals surface area contributed by atoms with Crippen LogP contribution in [0.5, 0.6) is 5.75 Å². The van der Waals surface area contributed by atoms with Gasteiger partial charge in [-0.1, -0.05) is 29.8 Å². The zero-order valence-electron chi connectivity index (χ0n) is 15.6. The summed E-state index contributed by atoms with van der Waals surface area (Å²) in [5.74, 6) is 0.0772. The van der Waals surface area contributed by atoms with Crippen molar-refractivity contribution >= 4 is 11.9 Å². The number of benzene rings is 2. The monoisotopic (exact) mass is 355 g/mol. The number of hydrogen-bond donors (Lipinski definition) is 1. The van der Waals surface area contributed by atoms with E-state index < -0.39 is 6.04 Å². The van der Waals surface area contributed by atoms with Crippen LogP contribution in [0.3, 0.4) is 0 Å². The summed E-state index contributed by atoms with van der Waals surface area (Å²) in [7, 11) is 1.57. The number of carbonyl (C=O) groups is 2. The molecule has 0 aliphatic carbocycles. The lowest BCUT2D eigenvalue weighted by atomic mass is 10.0. The first-order chi connectivity index (χ1) is 12.4. The van der Waals surface area contributed by atoms with Gasteiger partial charge in [0.2, 0.25) is 0 Å². The van der Waals surface area contributed by atoms with E-state index in [4.69, 9.17) is 9.47 Å². The van der Waals surface area contributed by atoms with E-state index >= 15 is 0 Å². The Kier molecular flexibility index (Phi) is 6.78. The van der Waals surface area contributed by atoms with Gasteiger partial charge in [0.15, 0.2) is 0 Å². The summed E-state index contributed by atoms with van der Waals surface area (Å²) in [4.78, 5) is 24.7. The van der Waals surface area contributed by atoms with Gasteiger partial charge in [-0.3, -0.25) is 9.59 Å². The Morgan fingerprint density at radius 1 is 1.00 bits per heavy atom. The minimum absolute atomic E-state index is 0.0726. The zero-order valence-corrected chi connectivity index (χ0v) is 15.6. The van der Waals surface area contributed by atoms with Crippen molar-refractivity contribution in [1.82, 2.24) is 5.32 Å². The number of aryl methyl sites for hydroxylation is 1. The summed E-state index contributed by atoms with van der Waals surface area (Å²) < 4.78 is 10.3. The lowest BCUT2D eigenvalue weighted by Gasteiger charge is -2.20. The molecule has 0 aliphatic heterocycles. The minimum Gasteiger partial charge on any atom is -0.497 e. The number of esters is 1. The van der Waals surface area contributed by atoms with Crippen molar-refractivity contribution in [3.8, 4) is 5.75 Å². The highest BCUT2D eigenvalue weighted by molar-refractivity contribution is 5.94. The summed E-state index contributed by atoms with van der Waals surface area (Å²) in [6, 6.07) is 14.1. The molecule has 0 aliphatic rings. The van der Waals surface area contributed by atoms with E-state index in [-0.39, 0.29) is 24.4 Å². The standard InChI is InChI=1S/C21H25NO4/c1-14(2)26-20(23)13-19(16-7-5-15(3)6-8-16)22-21(24)17-9-11-18(25-4)12-10-17/h5-12,14,19H,13H2,1-4H3,(H,22,24). The highest BCUT2D eigenvalue weighted by atomic mass is 16.5. The van der Waals surface area contributed by atoms with E-state index in [1.807, 2.05) is 31.2 Å². The van der Waals surface area contributed by atoms with Crippen molar-refractivity contribution < 1.29 is 19.1 Å². The fraction of sp³-hybridized carbons (Fsp3) is 0.333. The molecule has 0 bridgehead atoms. The third-order valence-electron chi connectivity index (χ3n) is 3.88. The molecule has 0 fully saturated rings. The molecule has 0 saturated carbocycles. The van der Waals surface area contributed by atoms with Gasteiger partial charge in [-0.05, 0) is 50.6 Å². The van der Waals surface area contributed by atoms with Gasteiger partial charge < -0.3 is 14.8 Å². The molecule has 0 aromatic heterocycles. The third-order valence-corrected chi connectivity index (χ3v) is 3.88. The molecule has 1 amide bonds. The van der Waals surface area contributed by atoms with Crippen LogP contribution >= 0.6 is 0 Å². The van der Waals surface area contributed by atoms with Gasteiger partial charge in [0.25, 0.3) is 5.91 Å². The van der Waals surface area contributed by atoms with Crippen molar-refractivity contribution in [2.45, 2.75) is 39.3 Å². The molecule has 1 N–H and O–H groups in total. The summed E-state index contributed by atoms with van der Waals surface area (Å²) in [5, 5.41) is 2.93. The Morgan fingerprint density at radius 2 is 1.62 bits per heavy atom. The number of rotatable bonds is 7. The predicted octanol–water partition coefficient (Wildman–Crippen LogP) is 3.82. The first-order valence-electron chi connectivity index (χ1n) is 8.60. The number of ether oxygens (including phenoxy) is 2. The van der Waals surface area contributed by atoms with Crippen molar-refractivity contribution in [3.63, 3.8) is 0 Å². The van der Waals surface area contributed by atoms with E-state index in [1.54, 1.807) is 45.2 Å². The average molecular weight is 355 g/mol. The molecular formula is C21H25NO4. The van der Waals surface area contributed by atoms with Crippen molar-refractivity contribution in [2.75, 3.05) is 7.11 Å². The van der Waals surface area contributed by atoms with Crippen molar-refractivity contribution in [3.05, 3.63) is 65.2 Å². The van der Waals surface area contributed by atoms with Gasteiger partial charge in [-0.2, -0.15) is 0 Å². The summed E-state index contributed by atoms with van der Waals surface area (Å²) in [6.45, 7) is 5.59. The normalized spacial score (nSPS) is 11.7. The number of hydrogen-bond acceptors (Lipinski definition) is 4. The molecule has 2 aromatic carbocycles. The van der Waals surface area contributed by atoms with Gasteiger partial charge in [0.1, 0.15) is 5.75 Å². The van der Waals surface area contributed by atoms with Crippen LogP contribution in [0.15, 0.2) is 48.5 Å². The Hall–Kier alpha value is -2.82. The van der Waals surface area contributed by atoms with Gasteiger partial charge in [0, 0.05) is 5.56 Å². The van der Waals surface area contributed by atoms with E-state index in [0.717, 1.165) is 11.1 Å². The largest absolute Gasteiger partial charge is 0.497 e. The summed E-state index contributed by atoms with van der Waals surface area (Å²) >= 11 is 0. The summed E-state index contributed by atoms with van der Waals surface area (Å²) in [5.41, 5.74) is 2.47. The molecule has 2 aromatic rings. The second-order valence-electron chi connectivity index (χ2n) is 6.41. The maximum absolute atomic E-state index is 12.6. The molecule has 0 heterocycles. The van der Waals surface area contributed by atoms with Gasteiger partial charge in [-0.25, -0.2) is 0 Å². The Bertz CT molecular complexity index is 736. The Balaban J connectivity index is 2.17. The van der Waals surface area contributed by atoms with Crippen LogP contribution in [0.25, 0.3) is 0 Å². The van der Waals surface area contributed by atoms with E-state index in [0.29, 0.717) is 11.3 Å².